The average Bonchev–Trinajstić information content (AvgIpc) is 3.18. The predicted molar refractivity (Wildman–Crippen MR) is 79.6 cm³/mol. The molecule has 3 aromatic heterocycles. The molecule has 0 fully saturated rings. The molecule has 104 valence electrons. The van der Waals surface area contributed by atoms with Crippen LogP contribution < -0.4 is 5.32 Å². The van der Waals surface area contributed by atoms with Crippen LogP contribution in [-0.2, 0) is 7.05 Å². The summed E-state index contributed by atoms with van der Waals surface area (Å²) in [7, 11) is 2.00. The van der Waals surface area contributed by atoms with Crippen LogP contribution in [0, 0.1) is 0 Å². The van der Waals surface area contributed by atoms with Gasteiger partial charge < -0.3 is 8.98 Å². The van der Waals surface area contributed by atoms with Gasteiger partial charge in [0.25, 0.3) is 0 Å². The van der Waals surface area contributed by atoms with Crippen molar-refractivity contribution < 1.29 is 4.42 Å². The lowest BCUT2D eigenvalue weighted by atomic mass is 10.1. The molecule has 0 bridgehead atoms. The molecule has 3 rings (SSSR count). The Morgan fingerprint density at radius 1 is 1.35 bits per heavy atom. The van der Waals surface area contributed by atoms with Crippen LogP contribution in [0.2, 0.25) is 0 Å². The Labute approximate surface area is 122 Å². The first kappa shape index (κ1) is 13.1. The van der Waals surface area contributed by atoms with Gasteiger partial charge in [-0.3, -0.25) is 5.32 Å². The lowest BCUT2D eigenvalue weighted by Gasteiger charge is -2.21. The van der Waals surface area contributed by atoms with Crippen LogP contribution in [-0.4, -0.2) is 9.55 Å². The number of hydrogen-bond acceptors (Lipinski definition) is 4. The Hall–Kier alpha value is -1.85. The highest BCUT2D eigenvalue weighted by molar-refractivity contribution is 7.10. The Bertz CT molecular complexity index is 643. The fraction of sp³-hybridized carbons (Fsp3) is 0.267. The molecule has 0 saturated carbocycles. The molecule has 2 unspecified atom stereocenters. The summed E-state index contributed by atoms with van der Waals surface area (Å²) in [5.41, 5.74) is 0. The van der Waals surface area contributed by atoms with Gasteiger partial charge in [0.1, 0.15) is 17.6 Å². The molecule has 5 heteroatoms. The number of aromatic nitrogens is 2. The summed E-state index contributed by atoms with van der Waals surface area (Å²) in [6.45, 7) is 2.16. The van der Waals surface area contributed by atoms with Gasteiger partial charge in [-0.1, -0.05) is 6.07 Å². The zero-order chi connectivity index (χ0) is 13.9. The maximum absolute atomic E-state index is 5.58. The van der Waals surface area contributed by atoms with Crippen molar-refractivity contribution in [3.8, 4) is 0 Å². The maximum Gasteiger partial charge on any atom is 0.133 e. The molecule has 4 nitrogen and oxygen atoms in total. The molecule has 2 atom stereocenters. The molecular weight excluding hydrogens is 270 g/mol. The van der Waals surface area contributed by atoms with E-state index in [9.17, 15) is 0 Å². The van der Waals surface area contributed by atoms with E-state index in [1.54, 1.807) is 17.6 Å². The molecule has 0 aliphatic rings. The van der Waals surface area contributed by atoms with Crippen LogP contribution in [0.4, 0.5) is 0 Å². The van der Waals surface area contributed by atoms with Crippen LogP contribution in [0.5, 0.6) is 0 Å². The Morgan fingerprint density at radius 2 is 2.25 bits per heavy atom. The number of nitrogens with one attached hydrogen (secondary N) is 1. The second kappa shape index (κ2) is 5.64. The summed E-state index contributed by atoms with van der Waals surface area (Å²) >= 11 is 1.75. The highest BCUT2D eigenvalue weighted by atomic mass is 32.1. The van der Waals surface area contributed by atoms with E-state index in [0.29, 0.717) is 0 Å². The topological polar surface area (TPSA) is 43.0 Å². The maximum atomic E-state index is 5.58. The van der Waals surface area contributed by atoms with E-state index in [2.05, 4.69) is 34.7 Å². The van der Waals surface area contributed by atoms with Crippen molar-refractivity contribution in [1.29, 1.82) is 0 Å². The second-order valence-electron chi connectivity index (χ2n) is 4.75. The third kappa shape index (κ3) is 2.55. The van der Waals surface area contributed by atoms with E-state index in [0.717, 1.165) is 11.6 Å². The highest BCUT2D eigenvalue weighted by Crippen LogP contribution is 2.26. The molecule has 0 aliphatic carbocycles. The van der Waals surface area contributed by atoms with Gasteiger partial charge in [0.05, 0.1) is 6.26 Å². The molecular formula is C15H17N3OS. The van der Waals surface area contributed by atoms with E-state index < -0.39 is 0 Å². The van der Waals surface area contributed by atoms with Crippen LogP contribution in [0.15, 0.2) is 52.7 Å². The van der Waals surface area contributed by atoms with Crippen molar-refractivity contribution in [2.75, 3.05) is 0 Å². The van der Waals surface area contributed by atoms with Gasteiger partial charge in [-0.2, -0.15) is 0 Å². The van der Waals surface area contributed by atoms with Gasteiger partial charge in [0.15, 0.2) is 0 Å². The molecule has 3 aromatic rings. The first-order valence-electron chi connectivity index (χ1n) is 6.56. The van der Waals surface area contributed by atoms with E-state index in [-0.39, 0.29) is 12.1 Å². The molecule has 0 aliphatic heterocycles. The fourth-order valence-electron chi connectivity index (χ4n) is 2.26. The first-order valence-corrected chi connectivity index (χ1v) is 7.43. The van der Waals surface area contributed by atoms with Gasteiger partial charge in [-0.05, 0) is 30.5 Å². The van der Waals surface area contributed by atoms with Crippen molar-refractivity contribution in [1.82, 2.24) is 14.9 Å². The predicted octanol–water partition coefficient (Wildman–Crippen LogP) is 3.51. The Morgan fingerprint density at radius 3 is 2.85 bits per heavy atom. The molecule has 1 N–H and O–H groups in total. The average molecular weight is 287 g/mol. The van der Waals surface area contributed by atoms with Crippen LogP contribution in [0.25, 0.3) is 0 Å². The monoisotopic (exact) mass is 287 g/mol. The van der Waals surface area contributed by atoms with E-state index in [1.165, 1.54) is 4.88 Å². The van der Waals surface area contributed by atoms with Crippen LogP contribution in [0.1, 0.15) is 35.5 Å². The molecule has 0 spiro atoms. The summed E-state index contributed by atoms with van der Waals surface area (Å²) in [4.78, 5) is 5.75. The van der Waals surface area contributed by atoms with Gasteiger partial charge in [-0.15, -0.1) is 11.3 Å². The van der Waals surface area contributed by atoms with Gasteiger partial charge in [-0.25, -0.2) is 4.98 Å². The molecule has 20 heavy (non-hydrogen) atoms. The minimum absolute atomic E-state index is 0.0536. The quantitative estimate of drug-likeness (QED) is 0.781. The Kier molecular flexibility index (Phi) is 3.71. The van der Waals surface area contributed by atoms with E-state index in [1.807, 2.05) is 36.1 Å². The largest absolute Gasteiger partial charge is 0.467 e. The van der Waals surface area contributed by atoms with Crippen molar-refractivity contribution in [2.45, 2.75) is 19.0 Å². The molecule has 0 aromatic carbocycles. The SMILES string of the molecule is CC(NC(c1ccco1)c1nccn1C)c1cccs1. The number of imidazole rings is 1. The third-order valence-corrected chi connectivity index (χ3v) is 4.39. The highest BCUT2D eigenvalue weighted by Gasteiger charge is 2.23. The number of furan rings is 1. The van der Waals surface area contributed by atoms with E-state index >= 15 is 0 Å². The van der Waals surface area contributed by atoms with Crippen molar-refractivity contribution in [2.24, 2.45) is 7.05 Å². The second-order valence-corrected chi connectivity index (χ2v) is 5.73. The molecule has 3 heterocycles. The third-order valence-electron chi connectivity index (χ3n) is 3.33. The molecule has 0 amide bonds. The fourth-order valence-corrected chi connectivity index (χ4v) is 3.01. The van der Waals surface area contributed by atoms with Crippen molar-refractivity contribution in [3.05, 3.63) is 64.8 Å². The minimum Gasteiger partial charge on any atom is -0.467 e. The van der Waals surface area contributed by atoms with Gasteiger partial charge in [0, 0.05) is 30.4 Å². The molecule has 0 radical (unpaired) electrons. The number of hydrogen-bond donors (Lipinski definition) is 1. The first-order chi connectivity index (χ1) is 9.75. The van der Waals surface area contributed by atoms with Crippen molar-refractivity contribution >= 4 is 11.3 Å². The molecule has 0 saturated heterocycles. The zero-order valence-corrected chi connectivity index (χ0v) is 12.3. The summed E-state index contributed by atoms with van der Waals surface area (Å²) in [5.74, 6) is 1.83. The van der Waals surface area contributed by atoms with Crippen LogP contribution in [0.3, 0.4) is 0 Å². The number of aryl methyl sites for hydroxylation is 1. The summed E-state index contributed by atoms with van der Waals surface area (Å²) < 4.78 is 7.60. The number of rotatable bonds is 5. The number of thiophene rings is 1. The van der Waals surface area contributed by atoms with Gasteiger partial charge >= 0.3 is 0 Å². The standard InChI is InChI=1S/C15H17N3OS/c1-11(13-6-4-10-20-13)17-14(12-5-3-9-19-12)15-16-7-8-18(15)2/h3-11,14,17H,1-2H3. The van der Waals surface area contributed by atoms with Crippen molar-refractivity contribution in [3.63, 3.8) is 0 Å². The lowest BCUT2D eigenvalue weighted by molar-refractivity contribution is 0.405. The van der Waals surface area contributed by atoms with Crippen LogP contribution >= 0.6 is 11.3 Å². The lowest BCUT2D eigenvalue weighted by Crippen LogP contribution is -2.27. The normalized spacial score (nSPS) is 14.3. The zero-order valence-electron chi connectivity index (χ0n) is 11.5. The summed E-state index contributed by atoms with van der Waals surface area (Å²) in [6.07, 6.45) is 5.45. The summed E-state index contributed by atoms with van der Waals surface area (Å²) in [5, 5.41) is 5.69. The van der Waals surface area contributed by atoms with E-state index in [4.69, 9.17) is 4.42 Å². The summed E-state index contributed by atoms with van der Waals surface area (Å²) in [6, 6.07) is 8.28. The smallest absolute Gasteiger partial charge is 0.133 e. The minimum atomic E-state index is -0.0536. The Balaban J connectivity index is 1.89. The number of nitrogens with zero attached hydrogens (tertiary/aromatic N) is 2. The van der Waals surface area contributed by atoms with Gasteiger partial charge in [0.2, 0.25) is 0 Å².